The van der Waals surface area contributed by atoms with Gasteiger partial charge in [-0.1, -0.05) is 32.0 Å². The molecule has 2 aromatic rings. The quantitative estimate of drug-likeness (QED) is 0.697. The van der Waals surface area contributed by atoms with Gasteiger partial charge in [0.2, 0.25) is 5.91 Å². The van der Waals surface area contributed by atoms with Crippen molar-refractivity contribution in [3.05, 3.63) is 59.2 Å². The topological polar surface area (TPSA) is 97.2 Å². The Bertz CT molecular complexity index is 1090. The van der Waals surface area contributed by atoms with E-state index in [-0.39, 0.29) is 42.9 Å². The highest BCUT2D eigenvalue weighted by molar-refractivity contribution is 5.97. The summed E-state index contributed by atoms with van der Waals surface area (Å²) >= 11 is 0. The van der Waals surface area contributed by atoms with Crippen molar-refractivity contribution in [2.45, 2.75) is 44.7 Å². The predicted molar refractivity (Wildman–Crippen MR) is 125 cm³/mol. The van der Waals surface area contributed by atoms with Crippen LogP contribution in [0.3, 0.4) is 0 Å². The smallest absolute Gasteiger partial charge is 0.407 e. The van der Waals surface area contributed by atoms with Crippen LogP contribution in [0.4, 0.5) is 14.9 Å². The fourth-order valence-corrected chi connectivity index (χ4v) is 4.95. The normalized spacial score (nSPS) is 22.0. The molecule has 2 aliphatic rings. The first kappa shape index (κ1) is 24.1. The summed E-state index contributed by atoms with van der Waals surface area (Å²) in [6, 6.07) is 7.71. The van der Waals surface area contributed by atoms with Gasteiger partial charge in [-0.3, -0.25) is 14.7 Å². The Morgan fingerprint density at radius 3 is 2.65 bits per heavy atom. The highest BCUT2D eigenvalue weighted by atomic mass is 19.1. The number of carbonyl (C=O) groups excluding carboxylic acids is 1. The minimum atomic E-state index is -1.03. The number of halogens is 1. The van der Waals surface area contributed by atoms with Crippen LogP contribution in [0, 0.1) is 5.82 Å². The molecule has 2 aliphatic heterocycles. The molecule has 1 aromatic carbocycles. The summed E-state index contributed by atoms with van der Waals surface area (Å²) in [5, 5.41) is 19.2. The van der Waals surface area contributed by atoms with Gasteiger partial charge in [-0.2, -0.15) is 0 Å². The van der Waals surface area contributed by atoms with Gasteiger partial charge in [0, 0.05) is 55.0 Å². The van der Waals surface area contributed by atoms with Crippen LogP contribution in [0.1, 0.15) is 37.6 Å². The molecule has 1 saturated heterocycles. The van der Waals surface area contributed by atoms with E-state index >= 15 is 0 Å². The lowest BCUT2D eigenvalue weighted by molar-refractivity contribution is -0.121. The standard InChI is InChI=1S/C25H31FN4O4/c1-16-11-28(19(14-31)12-29(16)24(33)34)13-23(32)30-15-25(2,3)20-10-27-18(9-22(20)30)8-17-6-4-5-7-21(17)26/h4-7,9-10,16,19,31H,8,11-15H2,1-3H3,(H,33,34)/t16-,19-/m1/s1. The van der Waals surface area contributed by atoms with Crippen LogP contribution < -0.4 is 4.90 Å². The number of aliphatic hydroxyl groups is 1. The number of pyridine rings is 1. The van der Waals surface area contributed by atoms with E-state index in [1.807, 2.05) is 11.0 Å². The van der Waals surface area contributed by atoms with E-state index in [0.717, 1.165) is 11.3 Å². The largest absolute Gasteiger partial charge is 0.465 e. The molecular weight excluding hydrogens is 439 g/mol. The molecule has 0 bridgehead atoms. The first-order valence-corrected chi connectivity index (χ1v) is 11.5. The Kier molecular flexibility index (Phi) is 6.60. The number of hydrogen-bond donors (Lipinski definition) is 2. The Morgan fingerprint density at radius 2 is 1.97 bits per heavy atom. The Labute approximate surface area is 198 Å². The molecule has 3 heterocycles. The molecule has 0 radical (unpaired) electrons. The van der Waals surface area contributed by atoms with Crippen LogP contribution in [-0.2, 0) is 16.6 Å². The molecule has 0 aliphatic carbocycles. The van der Waals surface area contributed by atoms with Crippen LogP contribution in [0.15, 0.2) is 36.5 Å². The van der Waals surface area contributed by atoms with Crippen molar-refractivity contribution >= 4 is 17.7 Å². The molecule has 34 heavy (non-hydrogen) atoms. The third kappa shape index (κ3) is 4.63. The van der Waals surface area contributed by atoms with Crippen LogP contribution in [-0.4, -0.2) is 81.9 Å². The van der Waals surface area contributed by atoms with E-state index in [1.54, 1.807) is 36.2 Å². The number of fused-ring (bicyclic) bond motifs is 1. The summed E-state index contributed by atoms with van der Waals surface area (Å²) in [7, 11) is 0. The van der Waals surface area contributed by atoms with Crippen LogP contribution in [0.25, 0.3) is 0 Å². The van der Waals surface area contributed by atoms with E-state index in [1.165, 1.54) is 11.0 Å². The van der Waals surface area contributed by atoms with Crippen LogP contribution >= 0.6 is 0 Å². The van der Waals surface area contributed by atoms with Gasteiger partial charge < -0.3 is 20.0 Å². The van der Waals surface area contributed by atoms with Gasteiger partial charge in [0.15, 0.2) is 0 Å². The summed E-state index contributed by atoms with van der Waals surface area (Å²) < 4.78 is 14.2. The molecule has 1 aromatic heterocycles. The number of benzene rings is 1. The SMILES string of the molecule is C[C@@H]1CN(CC(=O)N2CC(C)(C)c3cnc(Cc4ccccc4F)cc32)[C@@H](CO)CN1C(=O)O. The number of aromatic nitrogens is 1. The number of carboxylic acid groups (broad SMARTS) is 1. The number of aliphatic hydroxyl groups excluding tert-OH is 1. The van der Waals surface area contributed by atoms with E-state index < -0.39 is 12.1 Å². The highest BCUT2D eigenvalue weighted by Gasteiger charge is 2.41. The van der Waals surface area contributed by atoms with Crippen molar-refractivity contribution in [1.29, 1.82) is 0 Å². The summed E-state index contributed by atoms with van der Waals surface area (Å²) in [6.45, 7) is 6.76. The van der Waals surface area contributed by atoms with E-state index in [2.05, 4.69) is 18.8 Å². The molecule has 0 saturated carbocycles. The van der Waals surface area contributed by atoms with Crippen LogP contribution in [0.5, 0.6) is 0 Å². The fourth-order valence-electron chi connectivity index (χ4n) is 4.95. The summed E-state index contributed by atoms with van der Waals surface area (Å²) in [5.41, 5.74) is 2.66. The maximum absolute atomic E-state index is 14.2. The third-order valence-electron chi connectivity index (χ3n) is 6.89. The molecular formula is C25H31FN4O4. The third-order valence-corrected chi connectivity index (χ3v) is 6.89. The van der Waals surface area contributed by atoms with Crippen molar-refractivity contribution in [1.82, 2.24) is 14.8 Å². The monoisotopic (exact) mass is 470 g/mol. The van der Waals surface area contributed by atoms with Gasteiger partial charge in [0.05, 0.1) is 24.9 Å². The van der Waals surface area contributed by atoms with Gasteiger partial charge >= 0.3 is 6.09 Å². The second kappa shape index (κ2) is 9.31. The second-order valence-electron chi connectivity index (χ2n) is 9.87. The Balaban J connectivity index is 1.55. The summed E-state index contributed by atoms with van der Waals surface area (Å²) in [6.07, 6.45) is 1.08. The molecule has 2 N–H and O–H groups in total. The van der Waals surface area contributed by atoms with E-state index in [4.69, 9.17) is 0 Å². The van der Waals surface area contributed by atoms with Gasteiger partial charge in [0.1, 0.15) is 5.82 Å². The lowest BCUT2D eigenvalue weighted by Crippen LogP contribution is -2.61. The number of piperazine rings is 1. The minimum absolute atomic E-state index is 0.0729. The maximum Gasteiger partial charge on any atom is 0.407 e. The molecule has 1 fully saturated rings. The number of rotatable bonds is 5. The van der Waals surface area contributed by atoms with Crippen molar-refractivity contribution in [3.8, 4) is 0 Å². The number of carbonyl (C=O) groups is 2. The van der Waals surface area contributed by atoms with Crippen LogP contribution in [0.2, 0.25) is 0 Å². The Hall–Kier alpha value is -3.04. The zero-order valence-electron chi connectivity index (χ0n) is 19.7. The zero-order chi connectivity index (χ0) is 24.6. The molecule has 4 rings (SSSR count). The maximum atomic E-state index is 14.2. The number of hydrogen-bond acceptors (Lipinski definition) is 5. The fraction of sp³-hybridized carbons (Fsp3) is 0.480. The lowest BCUT2D eigenvalue weighted by atomic mass is 9.88. The zero-order valence-corrected chi connectivity index (χ0v) is 19.7. The number of amides is 2. The lowest BCUT2D eigenvalue weighted by Gasteiger charge is -2.43. The van der Waals surface area contributed by atoms with Gasteiger partial charge in [-0.05, 0) is 24.6 Å². The average molecular weight is 471 g/mol. The first-order valence-electron chi connectivity index (χ1n) is 11.5. The molecule has 0 unspecified atom stereocenters. The minimum Gasteiger partial charge on any atom is -0.465 e. The van der Waals surface area contributed by atoms with Crippen molar-refractivity contribution in [2.24, 2.45) is 0 Å². The van der Waals surface area contributed by atoms with Gasteiger partial charge in [-0.25, -0.2) is 9.18 Å². The molecule has 0 spiro atoms. The van der Waals surface area contributed by atoms with Crippen molar-refractivity contribution < 1.29 is 24.2 Å². The van der Waals surface area contributed by atoms with Gasteiger partial charge in [0.25, 0.3) is 0 Å². The average Bonchev–Trinajstić information content (AvgIpc) is 3.05. The summed E-state index contributed by atoms with van der Waals surface area (Å²) in [5.74, 6) is -0.410. The predicted octanol–water partition coefficient (Wildman–Crippen LogP) is 2.48. The molecule has 9 heteroatoms. The molecule has 2 atom stereocenters. The first-order chi connectivity index (χ1) is 16.1. The molecule has 182 valence electrons. The van der Waals surface area contributed by atoms with Crippen molar-refractivity contribution in [3.63, 3.8) is 0 Å². The molecule has 8 nitrogen and oxygen atoms in total. The summed E-state index contributed by atoms with van der Waals surface area (Å²) in [4.78, 5) is 34.4. The molecule has 2 amide bonds. The number of anilines is 1. The Morgan fingerprint density at radius 1 is 1.24 bits per heavy atom. The van der Waals surface area contributed by atoms with E-state index in [0.29, 0.717) is 30.8 Å². The van der Waals surface area contributed by atoms with Gasteiger partial charge in [-0.15, -0.1) is 0 Å². The highest BCUT2D eigenvalue weighted by Crippen LogP contribution is 2.40. The number of nitrogens with zero attached hydrogens (tertiary/aromatic N) is 4. The van der Waals surface area contributed by atoms with Crippen molar-refractivity contribution in [2.75, 3.05) is 37.7 Å². The van der Waals surface area contributed by atoms with E-state index in [9.17, 15) is 24.2 Å². The second-order valence-corrected chi connectivity index (χ2v) is 9.87.